The van der Waals surface area contributed by atoms with Crippen molar-refractivity contribution in [2.24, 2.45) is 0 Å². The zero-order chi connectivity index (χ0) is 20.8. The van der Waals surface area contributed by atoms with Crippen LogP contribution in [0.4, 0.5) is 0 Å². The van der Waals surface area contributed by atoms with Crippen LogP contribution in [0.15, 0.2) is 64.5 Å². The van der Waals surface area contributed by atoms with E-state index >= 15 is 0 Å². The molecule has 0 unspecified atom stereocenters. The largest absolute Gasteiger partial charge is 0.490 e. The maximum Gasteiger partial charge on any atom is 0.265 e. The Morgan fingerprint density at radius 2 is 1.90 bits per heavy atom. The molecular weight excluding hydrogens is 470 g/mol. The first-order chi connectivity index (χ1) is 14.0. The van der Waals surface area contributed by atoms with E-state index in [4.69, 9.17) is 21.7 Å². The molecule has 2 aromatic rings. The molecule has 1 fully saturated rings. The van der Waals surface area contributed by atoms with Gasteiger partial charge in [0.15, 0.2) is 0 Å². The van der Waals surface area contributed by atoms with Gasteiger partial charge in [-0.2, -0.15) is 0 Å². The van der Waals surface area contributed by atoms with Crippen LogP contribution in [0.5, 0.6) is 11.5 Å². The van der Waals surface area contributed by atoms with E-state index < -0.39 is 0 Å². The Kier molecular flexibility index (Phi) is 7.52. The number of rotatable bonds is 8. The van der Waals surface area contributed by atoms with Gasteiger partial charge in [-0.25, -0.2) is 0 Å². The maximum atomic E-state index is 12.3. The lowest BCUT2D eigenvalue weighted by atomic mass is 10.1. The van der Waals surface area contributed by atoms with Crippen LogP contribution < -0.4 is 9.47 Å². The van der Waals surface area contributed by atoms with E-state index in [1.165, 1.54) is 16.7 Å². The zero-order valence-electron chi connectivity index (χ0n) is 15.9. The highest BCUT2D eigenvalue weighted by molar-refractivity contribution is 9.10. The average Bonchev–Trinajstić information content (AvgIpc) is 2.94. The Bertz CT molecular complexity index is 974. The number of nitrogens with zero attached hydrogens (tertiary/aromatic N) is 1. The van der Waals surface area contributed by atoms with Gasteiger partial charge in [-0.05, 0) is 42.3 Å². The van der Waals surface area contributed by atoms with Crippen LogP contribution in [0.1, 0.15) is 11.1 Å². The third-order valence-corrected chi connectivity index (χ3v) is 6.16. The van der Waals surface area contributed by atoms with Gasteiger partial charge in [0.2, 0.25) is 0 Å². The maximum absolute atomic E-state index is 12.3. The lowest BCUT2D eigenvalue weighted by Gasteiger charge is -2.13. The quantitative estimate of drug-likeness (QED) is 0.213. The van der Waals surface area contributed by atoms with E-state index in [1.54, 1.807) is 7.05 Å². The molecule has 0 spiro atoms. The van der Waals surface area contributed by atoms with Crippen molar-refractivity contribution in [3.63, 3.8) is 0 Å². The number of thiocarbonyl (C=S) groups is 1. The monoisotopic (exact) mass is 489 g/mol. The second-order valence-electron chi connectivity index (χ2n) is 6.22. The Balaban J connectivity index is 1.67. The molecule has 29 heavy (non-hydrogen) atoms. The normalized spacial score (nSPS) is 15.1. The number of carbonyl (C=O) groups excluding carboxylic acids is 1. The Labute approximate surface area is 188 Å². The van der Waals surface area contributed by atoms with Crippen molar-refractivity contribution in [2.75, 3.05) is 20.3 Å². The number of para-hydroxylation sites is 1. The van der Waals surface area contributed by atoms with Crippen LogP contribution in [-0.2, 0) is 11.2 Å². The summed E-state index contributed by atoms with van der Waals surface area (Å²) in [4.78, 5) is 14.3. The van der Waals surface area contributed by atoms with Crippen molar-refractivity contribution < 1.29 is 14.3 Å². The lowest BCUT2D eigenvalue weighted by molar-refractivity contribution is -0.121. The van der Waals surface area contributed by atoms with Crippen molar-refractivity contribution in [3.05, 3.63) is 75.6 Å². The number of hydrogen-bond donors (Lipinski definition) is 0. The first-order valence-corrected chi connectivity index (χ1v) is 11.0. The molecule has 150 valence electrons. The van der Waals surface area contributed by atoms with Crippen molar-refractivity contribution in [1.82, 2.24) is 4.90 Å². The standard InChI is InChI=1S/C22H20BrNO3S2/c1-3-6-15-7-4-5-8-18(15)26-11-12-27-19-10-9-17(23)13-16(19)14-20-21(25)24(2)22(28)29-20/h3-5,7-10,13-14H,1,6,11-12H2,2H3. The predicted octanol–water partition coefficient (Wildman–Crippen LogP) is 5.47. The summed E-state index contributed by atoms with van der Waals surface area (Å²) in [6.45, 7) is 4.56. The molecular formula is C22H20BrNO3S2. The highest BCUT2D eigenvalue weighted by atomic mass is 79.9. The van der Waals surface area contributed by atoms with Gasteiger partial charge in [-0.3, -0.25) is 9.69 Å². The molecule has 0 bridgehead atoms. The molecule has 0 radical (unpaired) electrons. The molecule has 4 nitrogen and oxygen atoms in total. The smallest absolute Gasteiger partial charge is 0.265 e. The Hall–Kier alpha value is -2.09. The number of amides is 1. The highest BCUT2D eigenvalue weighted by Crippen LogP contribution is 2.34. The average molecular weight is 490 g/mol. The van der Waals surface area contributed by atoms with Gasteiger partial charge in [0.05, 0.1) is 4.91 Å². The van der Waals surface area contributed by atoms with E-state index in [2.05, 4.69) is 22.5 Å². The van der Waals surface area contributed by atoms with Crippen LogP contribution in [-0.4, -0.2) is 35.4 Å². The summed E-state index contributed by atoms with van der Waals surface area (Å²) >= 11 is 9.96. The molecule has 0 saturated carbocycles. The fourth-order valence-corrected chi connectivity index (χ4v) is 4.27. The number of allylic oxidation sites excluding steroid dienone is 1. The van der Waals surface area contributed by atoms with Crippen molar-refractivity contribution in [3.8, 4) is 11.5 Å². The minimum absolute atomic E-state index is 0.104. The SMILES string of the molecule is C=CCc1ccccc1OCCOc1ccc(Br)cc1C=C1SC(=S)N(C)C1=O. The molecule has 3 rings (SSSR count). The summed E-state index contributed by atoms with van der Waals surface area (Å²) < 4.78 is 13.3. The number of benzene rings is 2. The van der Waals surface area contributed by atoms with Crippen molar-refractivity contribution in [2.45, 2.75) is 6.42 Å². The van der Waals surface area contributed by atoms with Crippen LogP contribution >= 0.6 is 39.9 Å². The van der Waals surface area contributed by atoms with Crippen LogP contribution in [0, 0.1) is 0 Å². The molecule has 1 amide bonds. The van der Waals surface area contributed by atoms with Gasteiger partial charge >= 0.3 is 0 Å². The minimum Gasteiger partial charge on any atom is -0.490 e. The second kappa shape index (κ2) is 10.1. The summed E-state index contributed by atoms with van der Waals surface area (Å²) in [7, 11) is 1.68. The van der Waals surface area contributed by atoms with Gasteiger partial charge in [0.25, 0.3) is 5.91 Å². The summed E-state index contributed by atoms with van der Waals surface area (Å²) in [6, 6.07) is 13.6. The molecule has 1 heterocycles. The molecule has 0 aromatic heterocycles. The van der Waals surface area contributed by atoms with E-state index in [9.17, 15) is 4.79 Å². The fourth-order valence-electron chi connectivity index (χ4n) is 2.72. The third-order valence-electron chi connectivity index (χ3n) is 4.18. The number of carbonyl (C=O) groups is 1. The summed E-state index contributed by atoms with van der Waals surface area (Å²) in [6.07, 6.45) is 4.42. The molecule has 1 aliphatic heterocycles. The highest BCUT2D eigenvalue weighted by Gasteiger charge is 2.29. The summed E-state index contributed by atoms with van der Waals surface area (Å²) in [5, 5.41) is 0. The van der Waals surface area contributed by atoms with E-state index in [0.29, 0.717) is 28.2 Å². The lowest BCUT2D eigenvalue weighted by Crippen LogP contribution is -2.22. The van der Waals surface area contributed by atoms with Crippen LogP contribution in [0.3, 0.4) is 0 Å². The minimum atomic E-state index is -0.104. The number of thioether (sulfide) groups is 1. The molecule has 0 aliphatic carbocycles. The number of likely N-dealkylation sites (N-methyl/N-ethyl adjacent to an activating group) is 1. The fraction of sp³-hybridized carbons (Fsp3) is 0.182. The van der Waals surface area contributed by atoms with Crippen molar-refractivity contribution >= 4 is 56.2 Å². The Morgan fingerprint density at radius 1 is 1.17 bits per heavy atom. The van der Waals surface area contributed by atoms with Gasteiger partial charge in [-0.15, -0.1) is 6.58 Å². The predicted molar refractivity (Wildman–Crippen MR) is 126 cm³/mol. The van der Waals surface area contributed by atoms with Gasteiger partial charge in [0, 0.05) is 17.1 Å². The van der Waals surface area contributed by atoms with E-state index in [0.717, 1.165) is 27.8 Å². The topological polar surface area (TPSA) is 38.8 Å². The van der Waals surface area contributed by atoms with Gasteiger partial charge < -0.3 is 9.47 Å². The van der Waals surface area contributed by atoms with Crippen molar-refractivity contribution in [1.29, 1.82) is 0 Å². The molecule has 0 N–H and O–H groups in total. The summed E-state index contributed by atoms with van der Waals surface area (Å²) in [5.74, 6) is 1.41. The molecule has 2 aromatic carbocycles. The van der Waals surface area contributed by atoms with Gasteiger partial charge in [0.1, 0.15) is 29.0 Å². The number of halogens is 1. The van der Waals surface area contributed by atoms with Crippen LogP contribution in [0.25, 0.3) is 6.08 Å². The first kappa shape index (κ1) is 21.6. The first-order valence-electron chi connectivity index (χ1n) is 8.95. The Morgan fingerprint density at radius 3 is 2.59 bits per heavy atom. The summed E-state index contributed by atoms with van der Waals surface area (Å²) in [5.41, 5.74) is 1.90. The molecule has 1 saturated heterocycles. The number of hydrogen-bond acceptors (Lipinski definition) is 5. The van der Waals surface area contributed by atoms with E-state index in [1.807, 2.05) is 54.6 Å². The molecule has 1 aliphatic rings. The molecule has 7 heteroatoms. The second-order valence-corrected chi connectivity index (χ2v) is 8.81. The van der Waals surface area contributed by atoms with Gasteiger partial charge in [-0.1, -0.05) is 64.2 Å². The number of ether oxygens (including phenoxy) is 2. The van der Waals surface area contributed by atoms with E-state index in [-0.39, 0.29) is 5.91 Å². The van der Waals surface area contributed by atoms with Crippen LogP contribution in [0.2, 0.25) is 0 Å². The molecule has 0 atom stereocenters. The zero-order valence-corrected chi connectivity index (χ0v) is 19.1. The third kappa shape index (κ3) is 5.50.